The molecule has 0 saturated carbocycles. The molecule has 0 aliphatic rings. The van der Waals surface area contributed by atoms with E-state index in [2.05, 4.69) is 4.98 Å². The molecule has 0 radical (unpaired) electrons. The Balaban J connectivity index is 2.13. The number of thiophene rings is 1. The molecule has 3 rings (SSSR count). The van der Waals surface area contributed by atoms with Gasteiger partial charge in [0.15, 0.2) is 0 Å². The van der Waals surface area contributed by atoms with E-state index < -0.39 is 11.7 Å². The first-order valence-electron chi connectivity index (χ1n) is 7.92. The molecule has 3 aromatic rings. The number of aliphatic carboxylic acids is 1. The number of H-pyrrole nitrogens is 1. The van der Waals surface area contributed by atoms with Crippen molar-refractivity contribution in [2.24, 2.45) is 0 Å². The summed E-state index contributed by atoms with van der Waals surface area (Å²) >= 11 is 1.32. The molecule has 1 aromatic carbocycles. The molecule has 0 atom stereocenters. The van der Waals surface area contributed by atoms with Gasteiger partial charge >= 0.3 is 11.7 Å². The van der Waals surface area contributed by atoms with Gasteiger partial charge in [0.1, 0.15) is 4.83 Å². The van der Waals surface area contributed by atoms with Crippen LogP contribution in [0, 0.1) is 13.8 Å². The summed E-state index contributed by atoms with van der Waals surface area (Å²) < 4.78 is 1.09. The molecule has 2 heterocycles. The molecule has 0 bridgehead atoms. The first kappa shape index (κ1) is 17.2. The normalized spacial score (nSPS) is 11.1. The largest absolute Gasteiger partial charge is 0.481 e. The molecule has 0 aliphatic carbocycles. The number of aromatic nitrogens is 2. The van der Waals surface area contributed by atoms with Crippen LogP contribution in [0.1, 0.15) is 24.0 Å². The fourth-order valence-corrected chi connectivity index (χ4v) is 3.72. The maximum atomic E-state index is 12.8. The molecule has 0 aliphatic heterocycles. The standard InChI is InChI=1S/C18H18N2O4S/c1-10-5-6-12(8-11(10)2)13-9-25-16-15(13)17(23)20(18(24)19-16)7-3-4-14(21)22/h5-6,8-9H,3-4,7H2,1-2H3,(H,19,24)(H,21,22). The number of rotatable bonds is 5. The van der Waals surface area contributed by atoms with Crippen molar-refractivity contribution >= 4 is 27.5 Å². The van der Waals surface area contributed by atoms with Gasteiger partial charge in [0.25, 0.3) is 5.56 Å². The Kier molecular flexibility index (Phi) is 4.59. The summed E-state index contributed by atoms with van der Waals surface area (Å²) in [6.45, 7) is 4.12. The van der Waals surface area contributed by atoms with Gasteiger partial charge in [-0.15, -0.1) is 11.3 Å². The van der Waals surface area contributed by atoms with Crippen LogP contribution in [-0.2, 0) is 11.3 Å². The number of hydrogen-bond acceptors (Lipinski definition) is 4. The average molecular weight is 358 g/mol. The number of fused-ring (bicyclic) bond motifs is 1. The fourth-order valence-electron chi connectivity index (χ4n) is 2.77. The predicted octanol–water partition coefficient (Wildman–Crippen LogP) is 2.90. The maximum Gasteiger partial charge on any atom is 0.329 e. The van der Waals surface area contributed by atoms with Crippen LogP contribution in [0.3, 0.4) is 0 Å². The van der Waals surface area contributed by atoms with Crippen LogP contribution in [0.25, 0.3) is 21.3 Å². The molecular weight excluding hydrogens is 340 g/mol. The van der Waals surface area contributed by atoms with E-state index in [1.54, 1.807) is 0 Å². The number of aromatic amines is 1. The molecule has 0 saturated heterocycles. The monoisotopic (exact) mass is 358 g/mol. The first-order chi connectivity index (χ1) is 11.9. The maximum absolute atomic E-state index is 12.8. The molecule has 0 spiro atoms. The quantitative estimate of drug-likeness (QED) is 0.733. The summed E-state index contributed by atoms with van der Waals surface area (Å²) in [5.74, 6) is -0.947. The lowest BCUT2D eigenvalue weighted by Crippen LogP contribution is -2.35. The van der Waals surface area contributed by atoms with Crippen LogP contribution in [0.5, 0.6) is 0 Å². The Labute approximate surface area is 147 Å². The minimum absolute atomic E-state index is 0.0820. The summed E-state index contributed by atoms with van der Waals surface area (Å²) in [6.07, 6.45) is 0.143. The van der Waals surface area contributed by atoms with Crippen LogP contribution < -0.4 is 11.2 Å². The second kappa shape index (κ2) is 6.68. The Bertz CT molecular complexity index is 1070. The zero-order valence-electron chi connectivity index (χ0n) is 14.0. The number of carboxylic acid groups (broad SMARTS) is 1. The molecular formula is C18H18N2O4S. The van der Waals surface area contributed by atoms with E-state index in [1.165, 1.54) is 16.9 Å². The summed E-state index contributed by atoms with van der Waals surface area (Å²) in [4.78, 5) is 38.9. The Morgan fingerprint density at radius 3 is 2.68 bits per heavy atom. The molecule has 2 N–H and O–H groups in total. The highest BCUT2D eigenvalue weighted by atomic mass is 32.1. The van der Waals surface area contributed by atoms with Gasteiger partial charge in [-0.25, -0.2) is 4.79 Å². The Morgan fingerprint density at radius 2 is 2.00 bits per heavy atom. The van der Waals surface area contributed by atoms with E-state index in [4.69, 9.17) is 5.11 Å². The van der Waals surface area contributed by atoms with Crippen molar-refractivity contribution in [3.63, 3.8) is 0 Å². The van der Waals surface area contributed by atoms with Gasteiger partial charge in [-0.3, -0.25) is 19.1 Å². The zero-order chi connectivity index (χ0) is 18.1. The number of nitrogens with zero attached hydrogens (tertiary/aromatic N) is 1. The molecule has 130 valence electrons. The minimum atomic E-state index is -0.947. The average Bonchev–Trinajstić information content (AvgIpc) is 2.96. The van der Waals surface area contributed by atoms with Gasteiger partial charge in [-0.1, -0.05) is 18.2 Å². The lowest BCUT2D eigenvalue weighted by Gasteiger charge is -2.06. The van der Waals surface area contributed by atoms with Gasteiger partial charge in [0.05, 0.1) is 5.39 Å². The smallest absolute Gasteiger partial charge is 0.329 e. The lowest BCUT2D eigenvalue weighted by atomic mass is 10.0. The minimum Gasteiger partial charge on any atom is -0.481 e. The molecule has 6 nitrogen and oxygen atoms in total. The highest BCUT2D eigenvalue weighted by molar-refractivity contribution is 7.17. The van der Waals surface area contributed by atoms with Crippen molar-refractivity contribution in [1.29, 1.82) is 0 Å². The zero-order valence-corrected chi connectivity index (χ0v) is 14.8. The highest BCUT2D eigenvalue weighted by Gasteiger charge is 2.15. The van der Waals surface area contributed by atoms with Gasteiger partial charge in [0.2, 0.25) is 0 Å². The predicted molar refractivity (Wildman–Crippen MR) is 98.5 cm³/mol. The van der Waals surface area contributed by atoms with Crippen molar-refractivity contribution in [2.45, 2.75) is 33.2 Å². The Hall–Kier alpha value is -2.67. The molecule has 0 unspecified atom stereocenters. The van der Waals surface area contributed by atoms with Crippen molar-refractivity contribution < 1.29 is 9.90 Å². The molecule has 0 amide bonds. The van der Waals surface area contributed by atoms with E-state index >= 15 is 0 Å². The van der Waals surface area contributed by atoms with Crippen molar-refractivity contribution in [3.05, 3.63) is 55.5 Å². The SMILES string of the molecule is Cc1ccc(-c2csc3[nH]c(=O)n(CCCC(=O)O)c(=O)c23)cc1C. The van der Waals surface area contributed by atoms with Crippen molar-refractivity contribution in [3.8, 4) is 11.1 Å². The van der Waals surface area contributed by atoms with E-state index in [0.29, 0.717) is 10.2 Å². The van der Waals surface area contributed by atoms with Gasteiger partial charge in [-0.2, -0.15) is 0 Å². The summed E-state index contributed by atoms with van der Waals surface area (Å²) in [7, 11) is 0. The molecule has 2 aromatic heterocycles. The summed E-state index contributed by atoms with van der Waals surface area (Å²) in [5, 5.41) is 11.1. The number of carboxylic acids is 1. The van der Waals surface area contributed by atoms with Gasteiger partial charge in [0, 0.05) is 23.9 Å². The lowest BCUT2D eigenvalue weighted by molar-refractivity contribution is -0.137. The van der Waals surface area contributed by atoms with Crippen molar-refractivity contribution in [1.82, 2.24) is 9.55 Å². The summed E-state index contributed by atoms with van der Waals surface area (Å²) in [6, 6.07) is 5.99. The fraction of sp³-hybridized carbons (Fsp3) is 0.278. The van der Waals surface area contributed by atoms with Crippen LogP contribution in [0.4, 0.5) is 0 Å². The van der Waals surface area contributed by atoms with Crippen LogP contribution in [-0.4, -0.2) is 20.6 Å². The summed E-state index contributed by atoms with van der Waals surface area (Å²) in [5.41, 5.74) is 3.13. The van der Waals surface area contributed by atoms with Crippen LogP contribution >= 0.6 is 11.3 Å². The van der Waals surface area contributed by atoms with E-state index in [9.17, 15) is 14.4 Å². The second-order valence-corrected chi connectivity index (χ2v) is 6.92. The van der Waals surface area contributed by atoms with Gasteiger partial charge < -0.3 is 5.11 Å². The molecule has 0 fully saturated rings. The number of nitrogens with one attached hydrogen (secondary N) is 1. The third kappa shape index (κ3) is 3.28. The van der Waals surface area contributed by atoms with Crippen LogP contribution in [0.2, 0.25) is 0 Å². The molecule has 25 heavy (non-hydrogen) atoms. The van der Waals surface area contributed by atoms with Crippen molar-refractivity contribution in [2.75, 3.05) is 0 Å². The number of aryl methyl sites for hydroxylation is 2. The second-order valence-electron chi connectivity index (χ2n) is 6.04. The van der Waals surface area contributed by atoms with Gasteiger partial charge in [-0.05, 0) is 37.0 Å². The third-order valence-corrected chi connectivity index (χ3v) is 5.20. The topological polar surface area (TPSA) is 92.2 Å². The molecule has 7 heteroatoms. The van der Waals surface area contributed by atoms with E-state index in [-0.39, 0.29) is 24.9 Å². The van der Waals surface area contributed by atoms with E-state index in [1.807, 2.05) is 37.4 Å². The number of carbonyl (C=O) groups is 1. The number of benzene rings is 1. The highest BCUT2D eigenvalue weighted by Crippen LogP contribution is 2.31. The third-order valence-electron chi connectivity index (χ3n) is 4.31. The number of hydrogen-bond donors (Lipinski definition) is 2. The first-order valence-corrected chi connectivity index (χ1v) is 8.80. The Morgan fingerprint density at radius 1 is 1.24 bits per heavy atom. The van der Waals surface area contributed by atoms with Crippen LogP contribution in [0.15, 0.2) is 33.2 Å². The van der Waals surface area contributed by atoms with E-state index in [0.717, 1.165) is 21.3 Å².